The Balaban J connectivity index is 2.46. The van der Waals surface area contributed by atoms with Gasteiger partial charge in [-0.1, -0.05) is 6.92 Å². The van der Waals surface area contributed by atoms with Gasteiger partial charge in [0, 0.05) is 19.0 Å². The Labute approximate surface area is 122 Å². The van der Waals surface area contributed by atoms with Crippen molar-refractivity contribution in [2.24, 2.45) is 0 Å². The fraction of sp³-hybridized carbons (Fsp3) is 0.500. The van der Waals surface area contributed by atoms with Gasteiger partial charge in [0.15, 0.2) is 0 Å². The number of carboxylic acid groups (broad SMARTS) is 1. The molecule has 0 spiro atoms. The van der Waals surface area contributed by atoms with Crippen LogP contribution in [0.5, 0.6) is 0 Å². The van der Waals surface area contributed by atoms with Crippen LogP contribution < -0.4 is 5.32 Å². The van der Waals surface area contributed by atoms with E-state index in [-0.39, 0.29) is 37.4 Å². The molecule has 2 amide bonds. The van der Waals surface area contributed by atoms with Crippen molar-refractivity contribution >= 4 is 17.8 Å². The van der Waals surface area contributed by atoms with Gasteiger partial charge in [0.2, 0.25) is 5.91 Å². The van der Waals surface area contributed by atoms with Crippen LogP contribution in [0, 0.1) is 0 Å². The van der Waals surface area contributed by atoms with Gasteiger partial charge in [-0.15, -0.1) is 0 Å². The number of carboxylic acids is 1. The number of hydrogen-bond donors (Lipinski definition) is 2. The zero-order valence-corrected chi connectivity index (χ0v) is 12.2. The van der Waals surface area contributed by atoms with E-state index < -0.39 is 5.97 Å². The first-order valence-electron chi connectivity index (χ1n) is 6.77. The van der Waals surface area contributed by atoms with Crippen LogP contribution >= 0.6 is 0 Å². The van der Waals surface area contributed by atoms with Gasteiger partial charge in [-0.05, 0) is 19.4 Å². The molecule has 1 heterocycles. The number of rotatable bonds is 8. The maximum Gasteiger partial charge on any atom is 0.323 e. The van der Waals surface area contributed by atoms with Gasteiger partial charge >= 0.3 is 5.97 Å². The summed E-state index contributed by atoms with van der Waals surface area (Å²) >= 11 is 0. The van der Waals surface area contributed by atoms with E-state index in [1.54, 1.807) is 6.92 Å². The van der Waals surface area contributed by atoms with Crippen LogP contribution in [0.1, 0.15) is 37.0 Å². The molecule has 1 atom stereocenters. The summed E-state index contributed by atoms with van der Waals surface area (Å²) in [6.45, 7) is 3.50. The first kappa shape index (κ1) is 16.7. The van der Waals surface area contributed by atoms with Gasteiger partial charge < -0.3 is 19.7 Å². The minimum atomic E-state index is -1.05. The van der Waals surface area contributed by atoms with E-state index in [1.165, 1.54) is 23.5 Å². The fourth-order valence-electron chi connectivity index (χ4n) is 1.78. The van der Waals surface area contributed by atoms with E-state index >= 15 is 0 Å². The lowest BCUT2D eigenvalue weighted by molar-refractivity contribution is -0.146. The molecule has 0 aliphatic carbocycles. The number of furan rings is 1. The number of nitrogens with one attached hydrogen (secondary N) is 1. The van der Waals surface area contributed by atoms with Crippen molar-refractivity contribution in [2.75, 3.05) is 13.1 Å². The standard InChI is InChI=1S/C14H20N2O5/c1-3-10(2)16(8-13(18)19)12(17)4-6-15-14(20)11-5-7-21-9-11/h5,7,9-10H,3-4,6,8H2,1-2H3,(H,15,20)(H,18,19). The topological polar surface area (TPSA) is 99.9 Å². The second-order valence-corrected chi connectivity index (χ2v) is 4.69. The van der Waals surface area contributed by atoms with Crippen LogP contribution in [0.25, 0.3) is 0 Å². The van der Waals surface area contributed by atoms with E-state index in [4.69, 9.17) is 9.52 Å². The van der Waals surface area contributed by atoms with Gasteiger partial charge in [0.1, 0.15) is 12.8 Å². The number of carbonyl (C=O) groups is 3. The van der Waals surface area contributed by atoms with Gasteiger partial charge in [0.25, 0.3) is 5.91 Å². The number of nitrogens with zero attached hydrogens (tertiary/aromatic N) is 1. The molecular formula is C14H20N2O5. The third kappa shape index (κ3) is 5.29. The van der Waals surface area contributed by atoms with Crippen molar-refractivity contribution in [3.63, 3.8) is 0 Å². The highest BCUT2D eigenvalue weighted by Gasteiger charge is 2.21. The Morgan fingerprint density at radius 2 is 2.14 bits per heavy atom. The monoisotopic (exact) mass is 296 g/mol. The average Bonchev–Trinajstić information content (AvgIpc) is 2.97. The minimum Gasteiger partial charge on any atom is -0.480 e. The summed E-state index contributed by atoms with van der Waals surface area (Å²) < 4.78 is 4.79. The van der Waals surface area contributed by atoms with Gasteiger partial charge in [-0.25, -0.2) is 0 Å². The molecule has 0 bridgehead atoms. The molecule has 0 aromatic carbocycles. The predicted octanol–water partition coefficient (Wildman–Crippen LogP) is 1.11. The van der Waals surface area contributed by atoms with Crippen LogP contribution in [0.2, 0.25) is 0 Å². The van der Waals surface area contributed by atoms with E-state index in [9.17, 15) is 14.4 Å². The summed E-state index contributed by atoms with van der Waals surface area (Å²) in [6, 6.07) is 1.37. The molecule has 2 N–H and O–H groups in total. The van der Waals surface area contributed by atoms with Crippen molar-refractivity contribution in [2.45, 2.75) is 32.7 Å². The summed E-state index contributed by atoms with van der Waals surface area (Å²) in [6.07, 6.45) is 3.42. The zero-order valence-electron chi connectivity index (χ0n) is 12.2. The Bertz CT molecular complexity index is 484. The third-order valence-electron chi connectivity index (χ3n) is 3.16. The fourth-order valence-corrected chi connectivity index (χ4v) is 1.78. The highest BCUT2D eigenvalue weighted by molar-refractivity contribution is 5.94. The molecule has 0 aliphatic rings. The second kappa shape index (κ2) is 8.08. The molecular weight excluding hydrogens is 276 g/mol. The molecule has 0 radical (unpaired) electrons. The molecule has 116 valence electrons. The maximum absolute atomic E-state index is 12.0. The molecule has 7 heteroatoms. The van der Waals surface area contributed by atoms with E-state index in [0.29, 0.717) is 12.0 Å². The maximum atomic E-state index is 12.0. The summed E-state index contributed by atoms with van der Waals surface area (Å²) in [5.41, 5.74) is 0.381. The first-order chi connectivity index (χ1) is 9.95. The lowest BCUT2D eigenvalue weighted by atomic mass is 10.2. The molecule has 0 saturated carbocycles. The molecule has 0 saturated heterocycles. The third-order valence-corrected chi connectivity index (χ3v) is 3.16. The Morgan fingerprint density at radius 3 is 2.67 bits per heavy atom. The molecule has 0 fully saturated rings. The number of amides is 2. The largest absolute Gasteiger partial charge is 0.480 e. The number of carbonyl (C=O) groups excluding carboxylic acids is 2. The summed E-state index contributed by atoms with van der Waals surface area (Å²) in [5, 5.41) is 11.4. The molecule has 21 heavy (non-hydrogen) atoms. The molecule has 1 unspecified atom stereocenters. The van der Waals surface area contributed by atoms with Crippen LogP contribution in [0.3, 0.4) is 0 Å². The summed E-state index contributed by atoms with van der Waals surface area (Å²) in [5.74, 6) is -1.67. The quantitative estimate of drug-likeness (QED) is 0.748. The highest BCUT2D eigenvalue weighted by atomic mass is 16.4. The van der Waals surface area contributed by atoms with Gasteiger partial charge in [0.05, 0.1) is 11.8 Å². The second-order valence-electron chi connectivity index (χ2n) is 4.69. The molecule has 1 rings (SSSR count). The van der Waals surface area contributed by atoms with Crippen molar-refractivity contribution in [3.05, 3.63) is 24.2 Å². The highest BCUT2D eigenvalue weighted by Crippen LogP contribution is 2.06. The van der Waals surface area contributed by atoms with Crippen LogP contribution in [0.4, 0.5) is 0 Å². The average molecular weight is 296 g/mol. The zero-order chi connectivity index (χ0) is 15.8. The molecule has 0 aliphatic heterocycles. The Hall–Kier alpha value is -2.31. The molecule has 1 aromatic heterocycles. The first-order valence-corrected chi connectivity index (χ1v) is 6.77. The number of aliphatic carboxylic acids is 1. The van der Waals surface area contributed by atoms with Crippen molar-refractivity contribution in [3.8, 4) is 0 Å². The Morgan fingerprint density at radius 1 is 1.43 bits per heavy atom. The van der Waals surface area contributed by atoms with Crippen LogP contribution in [-0.2, 0) is 9.59 Å². The lowest BCUT2D eigenvalue weighted by Crippen LogP contribution is -2.43. The number of hydrogen-bond acceptors (Lipinski definition) is 4. The summed E-state index contributed by atoms with van der Waals surface area (Å²) in [7, 11) is 0. The lowest BCUT2D eigenvalue weighted by Gasteiger charge is -2.27. The smallest absolute Gasteiger partial charge is 0.323 e. The van der Waals surface area contributed by atoms with E-state index in [0.717, 1.165) is 0 Å². The molecule has 7 nitrogen and oxygen atoms in total. The van der Waals surface area contributed by atoms with Crippen molar-refractivity contribution in [1.29, 1.82) is 0 Å². The van der Waals surface area contributed by atoms with E-state index in [1.807, 2.05) is 6.92 Å². The van der Waals surface area contributed by atoms with Crippen LogP contribution in [-0.4, -0.2) is 46.9 Å². The molecule has 1 aromatic rings. The van der Waals surface area contributed by atoms with Crippen molar-refractivity contribution in [1.82, 2.24) is 10.2 Å². The van der Waals surface area contributed by atoms with Crippen LogP contribution in [0.15, 0.2) is 23.0 Å². The normalized spacial score (nSPS) is 11.7. The van der Waals surface area contributed by atoms with Gasteiger partial charge in [-0.2, -0.15) is 0 Å². The van der Waals surface area contributed by atoms with Gasteiger partial charge in [-0.3, -0.25) is 14.4 Å². The Kier molecular flexibility index (Phi) is 6.45. The van der Waals surface area contributed by atoms with E-state index in [2.05, 4.69) is 5.32 Å². The minimum absolute atomic E-state index is 0.0568. The predicted molar refractivity (Wildman–Crippen MR) is 74.8 cm³/mol. The van der Waals surface area contributed by atoms with Crippen molar-refractivity contribution < 1.29 is 23.9 Å². The SMILES string of the molecule is CCC(C)N(CC(=O)O)C(=O)CCNC(=O)c1ccoc1. The summed E-state index contributed by atoms with van der Waals surface area (Å²) in [4.78, 5) is 35.8.